The van der Waals surface area contributed by atoms with Gasteiger partial charge in [-0.15, -0.1) is 0 Å². The number of rotatable bonds is 3. The van der Waals surface area contributed by atoms with Gasteiger partial charge in [0.1, 0.15) is 11.7 Å². The van der Waals surface area contributed by atoms with Gasteiger partial charge in [0.05, 0.1) is 0 Å². The van der Waals surface area contributed by atoms with Crippen LogP contribution in [-0.4, -0.2) is 0 Å². The molecule has 0 bridgehead atoms. The molecular weight excluding hydrogens is 184 g/mol. The molecule has 0 radical (unpaired) electrons. The van der Waals surface area contributed by atoms with Crippen molar-refractivity contribution >= 4 is 0 Å². The van der Waals surface area contributed by atoms with Crippen LogP contribution >= 0.6 is 0 Å². The van der Waals surface area contributed by atoms with Gasteiger partial charge in [-0.05, 0) is 6.42 Å². The monoisotopic (exact) mass is 190 g/mol. The van der Waals surface area contributed by atoms with Crippen molar-refractivity contribution in [3.8, 4) is 0 Å². The summed E-state index contributed by atoms with van der Waals surface area (Å²) in [6.07, 6.45) is 12.0. The van der Waals surface area contributed by atoms with Crippen LogP contribution in [0.2, 0.25) is 0 Å². The predicted molar refractivity (Wildman–Crippen MR) is 45.7 cm³/mol. The second-order valence-corrected chi connectivity index (χ2v) is 2.77. The van der Waals surface area contributed by atoms with E-state index in [1.807, 2.05) is 0 Å². The fourth-order valence-electron chi connectivity index (χ4n) is 1.06. The molecule has 0 fully saturated rings. The maximum Gasteiger partial charge on any atom is 1.00 e. The zero-order chi connectivity index (χ0) is 9.26. The standard InChI is InChI=1S/C11H6F2.2Li/c12-10-7-11(13)9(10)6-2-5-8-3-1-4-8;;/h1-2,5,7H,6H2;;/q-2;2*+1/b5-2+;;. The van der Waals surface area contributed by atoms with E-state index in [1.54, 1.807) is 18.2 Å². The van der Waals surface area contributed by atoms with Crippen LogP contribution in [0.4, 0.5) is 8.78 Å². The van der Waals surface area contributed by atoms with Crippen molar-refractivity contribution < 1.29 is 46.5 Å². The summed E-state index contributed by atoms with van der Waals surface area (Å²) in [5.74, 6) is -0.901. The van der Waals surface area contributed by atoms with Crippen LogP contribution in [0.5, 0.6) is 0 Å². The molecule has 15 heavy (non-hydrogen) atoms. The van der Waals surface area contributed by atoms with Crippen molar-refractivity contribution in [3.05, 3.63) is 59.3 Å². The number of allylic oxidation sites excluding steroid dienone is 10. The Balaban J connectivity index is 0.000000980. The van der Waals surface area contributed by atoms with Crippen LogP contribution in [0.25, 0.3) is 0 Å². The minimum absolute atomic E-state index is 0. The maximum absolute atomic E-state index is 12.5. The zero-order valence-electron chi connectivity index (χ0n) is 8.77. The molecule has 0 spiro atoms. The minimum Gasteiger partial charge on any atom is -0.432 e. The molecule has 0 atom stereocenters. The normalized spacial score (nSPS) is 17.2. The molecule has 0 amide bonds. The molecule has 4 heteroatoms. The maximum atomic E-state index is 12.5. The molecule has 0 heterocycles. The second-order valence-electron chi connectivity index (χ2n) is 2.77. The molecule has 0 saturated heterocycles. The Kier molecular flexibility index (Phi) is 6.26. The van der Waals surface area contributed by atoms with E-state index in [-0.39, 0.29) is 43.3 Å². The molecule has 0 aromatic rings. The van der Waals surface area contributed by atoms with E-state index in [0.717, 1.165) is 11.6 Å². The predicted octanol–water partition coefficient (Wildman–Crippen LogP) is -2.87. The van der Waals surface area contributed by atoms with Gasteiger partial charge in [0, 0.05) is 11.6 Å². The second kappa shape index (κ2) is 6.36. The van der Waals surface area contributed by atoms with Crippen molar-refractivity contribution in [1.29, 1.82) is 0 Å². The number of halogens is 2. The molecule has 0 aliphatic heterocycles. The molecule has 2 rings (SSSR count). The molecule has 0 aromatic heterocycles. The first-order valence-electron chi connectivity index (χ1n) is 3.92. The quantitative estimate of drug-likeness (QED) is 0.331. The molecule has 0 nitrogen and oxygen atoms in total. The van der Waals surface area contributed by atoms with E-state index >= 15 is 0 Å². The fraction of sp³-hybridized carbons (Fsp3) is 0.0909. The van der Waals surface area contributed by atoms with Crippen LogP contribution in [-0.2, 0) is 0 Å². The average Bonchev–Trinajstić information content (AvgIpc) is 2.01. The fourth-order valence-corrected chi connectivity index (χ4v) is 1.06. The summed E-state index contributed by atoms with van der Waals surface area (Å²) >= 11 is 0. The van der Waals surface area contributed by atoms with E-state index in [2.05, 4.69) is 12.2 Å². The van der Waals surface area contributed by atoms with E-state index < -0.39 is 11.7 Å². The van der Waals surface area contributed by atoms with E-state index in [0.29, 0.717) is 6.42 Å². The largest absolute Gasteiger partial charge is 1.00 e. The Morgan fingerprint density at radius 2 is 1.93 bits per heavy atom. The van der Waals surface area contributed by atoms with Gasteiger partial charge in [0.2, 0.25) is 0 Å². The summed E-state index contributed by atoms with van der Waals surface area (Å²) < 4.78 is 25.1. The third-order valence-electron chi connectivity index (χ3n) is 1.89. The first-order valence-corrected chi connectivity index (χ1v) is 3.92. The van der Waals surface area contributed by atoms with Gasteiger partial charge in [0.25, 0.3) is 0 Å². The van der Waals surface area contributed by atoms with Gasteiger partial charge in [-0.1, -0.05) is 0 Å². The summed E-state index contributed by atoms with van der Waals surface area (Å²) in [5, 5.41) is 0. The van der Waals surface area contributed by atoms with Crippen molar-refractivity contribution in [2.24, 2.45) is 0 Å². The topological polar surface area (TPSA) is 0 Å². The first kappa shape index (κ1) is 14.8. The molecule has 0 N–H and O–H groups in total. The zero-order valence-corrected chi connectivity index (χ0v) is 8.77. The third kappa shape index (κ3) is 3.37. The van der Waals surface area contributed by atoms with Gasteiger partial charge in [-0.2, -0.15) is 0 Å². The van der Waals surface area contributed by atoms with E-state index in [1.165, 1.54) is 0 Å². The number of hydrogen-bond acceptors (Lipinski definition) is 0. The Morgan fingerprint density at radius 3 is 2.33 bits per heavy atom. The Bertz CT molecular complexity index is 387. The summed E-state index contributed by atoms with van der Waals surface area (Å²) in [4.78, 5) is 0. The van der Waals surface area contributed by atoms with Gasteiger partial charge in [-0.3, -0.25) is 0 Å². The first-order chi connectivity index (χ1) is 6.27. The molecule has 2 aliphatic rings. The van der Waals surface area contributed by atoms with Crippen molar-refractivity contribution in [2.45, 2.75) is 6.42 Å². The van der Waals surface area contributed by atoms with Crippen LogP contribution < -0.4 is 37.7 Å². The summed E-state index contributed by atoms with van der Waals surface area (Å²) in [6, 6.07) is 0. The summed E-state index contributed by atoms with van der Waals surface area (Å²) in [5.41, 5.74) is 0.991. The molecule has 2 aliphatic carbocycles. The molecule has 0 aromatic carbocycles. The van der Waals surface area contributed by atoms with Crippen molar-refractivity contribution in [2.75, 3.05) is 0 Å². The SMILES string of the molecule is FC1=CC(F)=C1C/C=C/C1=[C-]C=[C-]1.[Li+].[Li+]. The molecular formula is C11H6F2Li2. The third-order valence-corrected chi connectivity index (χ3v) is 1.89. The van der Waals surface area contributed by atoms with Crippen LogP contribution in [0.3, 0.4) is 0 Å². The Labute approximate surface area is 112 Å². The summed E-state index contributed by atoms with van der Waals surface area (Å²) in [7, 11) is 0. The van der Waals surface area contributed by atoms with Crippen LogP contribution in [0.15, 0.2) is 47.1 Å². The Hall–Kier alpha value is -0.245. The number of hydrogen-bond donors (Lipinski definition) is 0. The minimum atomic E-state index is -0.451. The van der Waals surface area contributed by atoms with Gasteiger partial charge >= 0.3 is 37.7 Å². The molecule has 0 saturated carbocycles. The summed E-state index contributed by atoms with van der Waals surface area (Å²) in [6.45, 7) is 0. The smallest absolute Gasteiger partial charge is 0.432 e. The molecule has 66 valence electrons. The van der Waals surface area contributed by atoms with Crippen molar-refractivity contribution in [3.63, 3.8) is 0 Å². The van der Waals surface area contributed by atoms with Crippen LogP contribution in [0, 0.1) is 12.2 Å². The van der Waals surface area contributed by atoms with Crippen LogP contribution in [0.1, 0.15) is 6.42 Å². The Morgan fingerprint density at radius 1 is 1.27 bits per heavy atom. The van der Waals surface area contributed by atoms with Gasteiger partial charge in [-0.25, -0.2) is 14.9 Å². The van der Waals surface area contributed by atoms with Gasteiger partial charge in [0.15, 0.2) is 0 Å². The molecule has 0 unspecified atom stereocenters. The van der Waals surface area contributed by atoms with Gasteiger partial charge < -0.3 is 29.9 Å². The van der Waals surface area contributed by atoms with E-state index in [4.69, 9.17) is 0 Å². The average molecular weight is 190 g/mol. The van der Waals surface area contributed by atoms with E-state index in [9.17, 15) is 8.78 Å². The van der Waals surface area contributed by atoms with Crippen molar-refractivity contribution in [1.82, 2.24) is 0 Å².